The smallest absolute Gasteiger partial charge is 0.321 e. The Balaban J connectivity index is 1.60. The molecule has 1 fully saturated rings. The van der Waals surface area contributed by atoms with Crippen LogP contribution >= 0.6 is 0 Å². The Morgan fingerprint density at radius 3 is 2.93 bits per heavy atom. The zero-order valence-corrected chi connectivity index (χ0v) is 16.1. The van der Waals surface area contributed by atoms with E-state index in [0.717, 1.165) is 12.1 Å². The molecular weight excluding hydrogens is 348 g/mol. The molecule has 0 spiro atoms. The predicted octanol–water partition coefficient (Wildman–Crippen LogP) is 0.470. The first-order valence-corrected chi connectivity index (χ1v) is 8.79. The van der Waals surface area contributed by atoms with Crippen LogP contribution in [0.4, 0.5) is 16.6 Å². The van der Waals surface area contributed by atoms with Gasteiger partial charge in [-0.3, -0.25) is 14.9 Å². The van der Waals surface area contributed by atoms with Crippen LogP contribution in [0.1, 0.15) is 11.6 Å². The van der Waals surface area contributed by atoms with Gasteiger partial charge in [0.1, 0.15) is 5.82 Å². The van der Waals surface area contributed by atoms with Crippen molar-refractivity contribution in [2.24, 2.45) is 7.05 Å². The number of hydrogen-bond acceptors (Lipinski definition) is 7. The van der Waals surface area contributed by atoms with Crippen LogP contribution in [-0.2, 0) is 11.8 Å². The first kappa shape index (κ1) is 19.1. The van der Waals surface area contributed by atoms with Gasteiger partial charge in [-0.05, 0) is 13.1 Å². The van der Waals surface area contributed by atoms with Gasteiger partial charge in [0.05, 0.1) is 24.9 Å². The molecule has 1 aliphatic rings. The van der Waals surface area contributed by atoms with Crippen LogP contribution in [0.2, 0.25) is 0 Å². The molecule has 146 valence electrons. The molecule has 3 rings (SSSR count). The van der Waals surface area contributed by atoms with Gasteiger partial charge in [0, 0.05) is 52.2 Å². The first-order chi connectivity index (χ1) is 12.9. The van der Waals surface area contributed by atoms with E-state index in [1.54, 1.807) is 16.9 Å². The predicted molar refractivity (Wildman–Crippen MR) is 102 cm³/mol. The van der Waals surface area contributed by atoms with Crippen LogP contribution in [-0.4, -0.2) is 77.6 Å². The Morgan fingerprint density at radius 2 is 2.22 bits per heavy atom. The number of rotatable bonds is 5. The highest BCUT2D eigenvalue weighted by Gasteiger charge is 2.32. The topological polar surface area (TPSA) is 100 Å². The zero-order valence-electron chi connectivity index (χ0n) is 16.1. The van der Waals surface area contributed by atoms with Gasteiger partial charge in [-0.25, -0.2) is 9.78 Å². The van der Waals surface area contributed by atoms with Crippen LogP contribution in [0, 0.1) is 0 Å². The summed E-state index contributed by atoms with van der Waals surface area (Å²) < 4.78 is 7.68. The molecule has 1 aliphatic heterocycles. The summed E-state index contributed by atoms with van der Waals surface area (Å²) in [4.78, 5) is 24.7. The molecule has 0 saturated carbocycles. The molecule has 3 heterocycles. The lowest BCUT2D eigenvalue weighted by molar-refractivity contribution is -0.0600. The molecule has 2 aromatic heterocycles. The highest BCUT2D eigenvalue weighted by molar-refractivity contribution is 5.87. The van der Waals surface area contributed by atoms with Gasteiger partial charge in [0.25, 0.3) is 0 Å². The standard InChI is InChI=1S/C17H26N8O2/c1-23(2)14-5-6-18-16(21-14)22-17(26)19-10-13-15(24(3)7-8-27-13)12-9-20-25(4)11-12/h5-6,9,11,13,15H,7-8,10H2,1-4H3,(H2,18,19,21,22,26)/t13-,15-/m0/s1. The molecule has 2 N–H and O–H groups in total. The summed E-state index contributed by atoms with van der Waals surface area (Å²) in [6.07, 6.45) is 5.25. The number of urea groups is 1. The van der Waals surface area contributed by atoms with Gasteiger partial charge in [-0.2, -0.15) is 10.1 Å². The molecule has 27 heavy (non-hydrogen) atoms. The Labute approximate surface area is 158 Å². The Kier molecular flexibility index (Phi) is 5.87. The van der Waals surface area contributed by atoms with Crippen molar-refractivity contribution in [1.29, 1.82) is 0 Å². The second-order valence-corrected chi connectivity index (χ2v) is 6.75. The van der Waals surface area contributed by atoms with E-state index in [2.05, 4.69) is 30.6 Å². The molecule has 2 amide bonds. The number of likely N-dealkylation sites (N-methyl/N-ethyl adjacent to an activating group) is 1. The van der Waals surface area contributed by atoms with Crippen molar-refractivity contribution in [3.05, 3.63) is 30.2 Å². The van der Waals surface area contributed by atoms with E-state index in [0.29, 0.717) is 19.0 Å². The summed E-state index contributed by atoms with van der Waals surface area (Å²) in [5.74, 6) is 0.971. The van der Waals surface area contributed by atoms with Crippen molar-refractivity contribution >= 4 is 17.8 Å². The third kappa shape index (κ3) is 4.72. The third-order valence-electron chi connectivity index (χ3n) is 4.46. The largest absolute Gasteiger partial charge is 0.373 e. The van der Waals surface area contributed by atoms with Crippen molar-refractivity contribution in [1.82, 2.24) is 30.0 Å². The summed E-state index contributed by atoms with van der Waals surface area (Å²) in [7, 11) is 7.69. The first-order valence-electron chi connectivity index (χ1n) is 8.79. The highest BCUT2D eigenvalue weighted by Crippen LogP contribution is 2.27. The molecule has 0 aromatic carbocycles. The number of carbonyl (C=O) groups is 1. The number of aryl methyl sites for hydroxylation is 1. The molecule has 1 saturated heterocycles. The van der Waals surface area contributed by atoms with E-state index < -0.39 is 0 Å². The summed E-state index contributed by atoms with van der Waals surface area (Å²) in [5, 5.41) is 9.76. The maximum Gasteiger partial charge on any atom is 0.321 e. The molecule has 2 aromatic rings. The lowest BCUT2D eigenvalue weighted by Gasteiger charge is -2.38. The summed E-state index contributed by atoms with van der Waals surface area (Å²) in [5.41, 5.74) is 1.06. The molecule has 0 bridgehead atoms. The minimum Gasteiger partial charge on any atom is -0.373 e. The SMILES string of the molecule is CN(C)c1ccnc(NC(=O)NC[C@@H]2OCCN(C)[C@H]2c2cnn(C)c2)n1. The molecule has 10 nitrogen and oxygen atoms in total. The Morgan fingerprint density at radius 1 is 1.41 bits per heavy atom. The highest BCUT2D eigenvalue weighted by atomic mass is 16.5. The van der Waals surface area contributed by atoms with Gasteiger partial charge >= 0.3 is 6.03 Å². The number of aromatic nitrogens is 4. The number of amides is 2. The summed E-state index contributed by atoms with van der Waals surface area (Å²) in [6, 6.07) is 1.43. The van der Waals surface area contributed by atoms with Crippen LogP contribution < -0.4 is 15.5 Å². The lowest BCUT2D eigenvalue weighted by atomic mass is 10.0. The van der Waals surface area contributed by atoms with Crippen molar-refractivity contribution in [3.8, 4) is 0 Å². The molecular formula is C17H26N8O2. The van der Waals surface area contributed by atoms with Crippen LogP contribution in [0.3, 0.4) is 0 Å². The van der Waals surface area contributed by atoms with Crippen molar-refractivity contribution < 1.29 is 9.53 Å². The number of nitrogens with zero attached hydrogens (tertiary/aromatic N) is 6. The van der Waals surface area contributed by atoms with Crippen molar-refractivity contribution in [3.63, 3.8) is 0 Å². The number of morpholine rings is 1. The summed E-state index contributed by atoms with van der Waals surface area (Å²) in [6.45, 7) is 1.81. The zero-order chi connectivity index (χ0) is 19.4. The average Bonchev–Trinajstić information content (AvgIpc) is 3.06. The van der Waals surface area contributed by atoms with Gasteiger partial charge < -0.3 is 15.0 Å². The minimum atomic E-state index is -0.368. The number of hydrogen-bond donors (Lipinski definition) is 2. The minimum absolute atomic E-state index is 0.0288. The van der Waals surface area contributed by atoms with E-state index in [4.69, 9.17) is 4.74 Å². The Bertz CT molecular complexity index is 778. The normalized spacial score (nSPS) is 20.3. The number of nitrogens with one attached hydrogen (secondary N) is 2. The number of anilines is 2. The monoisotopic (exact) mass is 374 g/mol. The fourth-order valence-electron chi connectivity index (χ4n) is 3.09. The van der Waals surface area contributed by atoms with Gasteiger partial charge in [0.2, 0.25) is 5.95 Å². The fraction of sp³-hybridized carbons (Fsp3) is 0.529. The molecule has 0 radical (unpaired) electrons. The van der Waals surface area contributed by atoms with Gasteiger partial charge in [-0.15, -0.1) is 0 Å². The molecule has 0 unspecified atom stereocenters. The van der Waals surface area contributed by atoms with E-state index >= 15 is 0 Å². The third-order valence-corrected chi connectivity index (χ3v) is 4.46. The van der Waals surface area contributed by atoms with E-state index in [1.807, 2.05) is 45.5 Å². The van der Waals surface area contributed by atoms with E-state index in [1.165, 1.54) is 0 Å². The lowest BCUT2D eigenvalue weighted by Crippen LogP contribution is -2.48. The van der Waals surface area contributed by atoms with E-state index in [9.17, 15) is 4.79 Å². The Hall–Kier alpha value is -2.72. The van der Waals surface area contributed by atoms with Gasteiger partial charge in [0.15, 0.2) is 0 Å². The van der Waals surface area contributed by atoms with Crippen molar-refractivity contribution in [2.45, 2.75) is 12.1 Å². The molecule has 0 aliphatic carbocycles. The van der Waals surface area contributed by atoms with E-state index in [-0.39, 0.29) is 24.1 Å². The number of ether oxygens (including phenoxy) is 1. The fourth-order valence-corrected chi connectivity index (χ4v) is 3.09. The van der Waals surface area contributed by atoms with Gasteiger partial charge in [-0.1, -0.05) is 0 Å². The molecule has 10 heteroatoms. The van der Waals surface area contributed by atoms with Crippen LogP contribution in [0.5, 0.6) is 0 Å². The quantitative estimate of drug-likeness (QED) is 0.785. The summed E-state index contributed by atoms with van der Waals surface area (Å²) >= 11 is 0. The van der Waals surface area contributed by atoms with Crippen molar-refractivity contribution in [2.75, 3.05) is 51.1 Å². The maximum atomic E-state index is 12.3. The second kappa shape index (κ2) is 8.31. The average molecular weight is 374 g/mol. The van der Waals surface area contributed by atoms with Crippen LogP contribution in [0.15, 0.2) is 24.7 Å². The van der Waals surface area contributed by atoms with Crippen LogP contribution in [0.25, 0.3) is 0 Å². The number of carbonyl (C=O) groups excluding carboxylic acids is 1. The second-order valence-electron chi connectivity index (χ2n) is 6.75. The maximum absolute atomic E-state index is 12.3. The molecule has 2 atom stereocenters.